The highest BCUT2D eigenvalue weighted by atomic mass is 32.2. The van der Waals surface area contributed by atoms with Gasteiger partial charge in [0, 0.05) is 30.4 Å². The molecule has 3 heteroatoms. The summed E-state index contributed by atoms with van der Waals surface area (Å²) in [7, 11) is -2.11. The summed E-state index contributed by atoms with van der Waals surface area (Å²) in [5, 5.41) is 3.04. The lowest BCUT2D eigenvalue weighted by Crippen LogP contribution is -2.54. The molecule has 0 aromatic heterocycles. The quantitative estimate of drug-likeness (QED) is 0.180. The first-order valence-electron chi connectivity index (χ1n) is 16.2. The molecule has 2 aliphatic heterocycles. The van der Waals surface area contributed by atoms with Crippen molar-refractivity contribution in [2.75, 3.05) is 0 Å². The predicted molar refractivity (Wildman–Crippen MR) is 199 cm³/mol. The molecule has 0 nitrogen and oxygen atoms in total. The lowest BCUT2D eigenvalue weighted by atomic mass is 9.76. The standard InChI is InChI=1S/C42H44S2Si/c1-40(2,3)30-25-24-27(26-29(30)28-16-14-19-33-38(28)43-35-21-12-10-17-31(35)41(33,4)5)45(8,9)37-23-15-20-34-39(37)44-36-22-13-11-18-32(36)42(34,6)7/h10-26H,1-9H3. The molecule has 0 aliphatic carbocycles. The molecule has 0 spiro atoms. The average molecular weight is 641 g/mol. The topological polar surface area (TPSA) is 0 Å². The molecule has 7 rings (SSSR count). The fourth-order valence-electron chi connectivity index (χ4n) is 7.60. The van der Waals surface area contributed by atoms with Gasteiger partial charge in [0.2, 0.25) is 0 Å². The van der Waals surface area contributed by atoms with Crippen molar-refractivity contribution in [3.05, 3.63) is 131 Å². The third-order valence-electron chi connectivity index (χ3n) is 10.4. The van der Waals surface area contributed by atoms with Crippen LogP contribution in [0.1, 0.15) is 76.3 Å². The van der Waals surface area contributed by atoms with Crippen LogP contribution in [0.5, 0.6) is 0 Å². The molecular formula is C42H44S2Si. The molecule has 0 unspecified atom stereocenters. The Kier molecular flexibility index (Phi) is 7.17. The Morgan fingerprint density at radius 3 is 1.64 bits per heavy atom. The fourth-order valence-corrected chi connectivity index (χ4v) is 14.0. The molecule has 45 heavy (non-hydrogen) atoms. The van der Waals surface area contributed by atoms with Gasteiger partial charge < -0.3 is 0 Å². The Labute approximate surface area is 280 Å². The van der Waals surface area contributed by atoms with Gasteiger partial charge in [-0.1, -0.05) is 181 Å². The first-order chi connectivity index (χ1) is 21.2. The van der Waals surface area contributed by atoms with E-state index in [1.807, 2.05) is 23.5 Å². The van der Waals surface area contributed by atoms with Crippen molar-refractivity contribution < 1.29 is 0 Å². The summed E-state index contributed by atoms with van der Waals surface area (Å²) in [6.45, 7) is 21.8. The molecule has 5 aromatic carbocycles. The maximum atomic E-state index is 2.59. The van der Waals surface area contributed by atoms with E-state index >= 15 is 0 Å². The maximum absolute atomic E-state index is 2.59. The van der Waals surface area contributed by atoms with Crippen molar-refractivity contribution in [1.29, 1.82) is 0 Å². The highest BCUT2D eigenvalue weighted by Crippen LogP contribution is 2.53. The molecule has 0 fully saturated rings. The Morgan fingerprint density at radius 1 is 0.533 bits per heavy atom. The monoisotopic (exact) mass is 640 g/mol. The number of hydrogen-bond donors (Lipinski definition) is 0. The van der Waals surface area contributed by atoms with Gasteiger partial charge in [-0.2, -0.15) is 0 Å². The van der Waals surface area contributed by atoms with Crippen molar-refractivity contribution in [1.82, 2.24) is 0 Å². The van der Waals surface area contributed by atoms with Crippen LogP contribution in [0.4, 0.5) is 0 Å². The summed E-state index contributed by atoms with van der Waals surface area (Å²) < 4.78 is 0. The summed E-state index contributed by atoms with van der Waals surface area (Å²) in [4.78, 5) is 5.66. The van der Waals surface area contributed by atoms with Crippen molar-refractivity contribution >= 4 is 42.0 Å². The molecule has 0 N–H and O–H groups in total. The van der Waals surface area contributed by atoms with Gasteiger partial charge in [0.15, 0.2) is 0 Å². The molecule has 2 heterocycles. The number of benzene rings is 5. The first-order valence-corrected chi connectivity index (χ1v) is 20.8. The third kappa shape index (κ3) is 4.80. The smallest absolute Gasteiger partial charge is 0.0896 e. The zero-order valence-corrected chi connectivity index (χ0v) is 30.8. The van der Waals surface area contributed by atoms with Crippen LogP contribution in [0.2, 0.25) is 13.1 Å². The molecule has 2 aliphatic rings. The molecule has 0 saturated carbocycles. The summed E-state index contributed by atoms with van der Waals surface area (Å²) in [6, 6.07) is 39.6. The Morgan fingerprint density at radius 2 is 1.04 bits per heavy atom. The number of rotatable bonds is 3. The van der Waals surface area contributed by atoms with Gasteiger partial charge in [0.1, 0.15) is 8.07 Å². The first kappa shape index (κ1) is 30.7. The van der Waals surface area contributed by atoms with Gasteiger partial charge in [-0.15, -0.1) is 0 Å². The minimum atomic E-state index is -2.11. The van der Waals surface area contributed by atoms with Crippen molar-refractivity contribution in [2.24, 2.45) is 0 Å². The minimum absolute atomic E-state index is 0.0184. The number of hydrogen-bond acceptors (Lipinski definition) is 2. The number of fused-ring (bicyclic) bond motifs is 4. The van der Waals surface area contributed by atoms with Crippen LogP contribution in [-0.2, 0) is 16.2 Å². The summed E-state index contributed by atoms with van der Waals surface area (Å²) in [5.74, 6) is 0. The van der Waals surface area contributed by atoms with E-state index in [1.54, 1.807) is 5.19 Å². The maximum Gasteiger partial charge on any atom is 0.113 e. The van der Waals surface area contributed by atoms with Gasteiger partial charge in [-0.05, 0) is 61.7 Å². The van der Waals surface area contributed by atoms with Gasteiger partial charge in [-0.3, -0.25) is 0 Å². The van der Waals surface area contributed by atoms with E-state index in [0.717, 1.165) is 0 Å². The molecule has 0 saturated heterocycles. The normalized spacial score (nSPS) is 16.3. The van der Waals surface area contributed by atoms with E-state index in [0.29, 0.717) is 0 Å². The van der Waals surface area contributed by atoms with Crippen LogP contribution < -0.4 is 10.4 Å². The lowest BCUT2D eigenvalue weighted by molar-refractivity contribution is 0.591. The largest absolute Gasteiger partial charge is 0.113 e. The summed E-state index contributed by atoms with van der Waals surface area (Å²) >= 11 is 3.94. The molecule has 0 atom stereocenters. The van der Waals surface area contributed by atoms with Crippen molar-refractivity contribution in [3.63, 3.8) is 0 Å². The molecule has 228 valence electrons. The van der Waals surface area contributed by atoms with Crippen LogP contribution in [0.25, 0.3) is 11.1 Å². The summed E-state index contributed by atoms with van der Waals surface area (Å²) in [5.41, 5.74) is 9.88. The van der Waals surface area contributed by atoms with Crippen LogP contribution in [0, 0.1) is 0 Å². The van der Waals surface area contributed by atoms with Gasteiger partial charge in [-0.25, -0.2) is 0 Å². The van der Waals surface area contributed by atoms with E-state index in [-0.39, 0.29) is 16.2 Å². The van der Waals surface area contributed by atoms with Crippen LogP contribution >= 0.6 is 23.5 Å². The van der Waals surface area contributed by atoms with Crippen LogP contribution in [0.15, 0.2) is 123 Å². The second kappa shape index (κ2) is 10.5. The van der Waals surface area contributed by atoms with E-state index in [9.17, 15) is 0 Å². The Bertz CT molecular complexity index is 1970. The van der Waals surface area contributed by atoms with E-state index in [2.05, 4.69) is 165 Å². The Balaban J connectivity index is 1.41. The molecule has 5 aromatic rings. The van der Waals surface area contributed by atoms with Gasteiger partial charge in [0.25, 0.3) is 0 Å². The van der Waals surface area contributed by atoms with Gasteiger partial charge in [0.05, 0.1) is 0 Å². The zero-order chi connectivity index (χ0) is 31.9. The van der Waals surface area contributed by atoms with Crippen molar-refractivity contribution in [2.45, 2.75) is 97.4 Å². The lowest BCUT2D eigenvalue weighted by Gasteiger charge is -2.38. The van der Waals surface area contributed by atoms with Crippen LogP contribution in [-0.4, -0.2) is 8.07 Å². The van der Waals surface area contributed by atoms with Crippen LogP contribution in [0.3, 0.4) is 0 Å². The third-order valence-corrected chi connectivity index (χ3v) is 16.6. The summed E-state index contributed by atoms with van der Waals surface area (Å²) in [6.07, 6.45) is 0. The highest BCUT2D eigenvalue weighted by Gasteiger charge is 2.39. The van der Waals surface area contributed by atoms with E-state index in [1.165, 1.54) is 63.7 Å². The van der Waals surface area contributed by atoms with Gasteiger partial charge >= 0.3 is 0 Å². The second-order valence-corrected chi connectivity index (χ2v) is 21.9. The SMILES string of the molecule is CC(C)(C)c1ccc([Si](C)(C)c2cccc3c2Sc2ccccc2C3(C)C)cc1-c1cccc2c1Sc1ccccc1C2(C)C. The fraction of sp³-hybridized carbons (Fsp3) is 0.286. The highest BCUT2D eigenvalue weighted by molar-refractivity contribution is 8.00. The van der Waals surface area contributed by atoms with E-state index < -0.39 is 8.07 Å². The van der Waals surface area contributed by atoms with E-state index in [4.69, 9.17) is 0 Å². The van der Waals surface area contributed by atoms with Crippen molar-refractivity contribution in [3.8, 4) is 11.1 Å². The molecule has 0 amide bonds. The second-order valence-electron chi connectivity index (χ2n) is 15.4. The minimum Gasteiger partial charge on any atom is -0.0896 e. The Hall–Kier alpha value is -2.98. The molecule has 0 bridgehead atoms. The molecule has 0 radical (unpaired) electrons. The average Bonchev–Trinajstić information content (AvgIpc) is 3.00. The predicted octanol–water partition coefficient (Wildman–Crippen LogP) is 11.1. The zero-order valence-electron chi connectivity index (χ0n) is 28.1. The molecular weight excluding hydrogens is 597 g/mol.